The molecule has 2 N–H and O–H groups in total. The van der Waals surface area contributed by atoms with E-state index in [1.807, 2.05) is 19.1 Å². The molecule has 2 heterocycles. The average Bonchev–Trinajstić information content (AvgIpc) is 3.15. The molecule has 0 fully saturated rings. The Morgan fingerprint density at radius 2 is 1.81 bits per heavy atom. The van der Waals surface area contributed by atoms with Crippen LogP contribution in [0.5, 0.6) is 0 Å². The molecule has 0 bridgehead atoms. The van der Waals surface area contributed by atoms with E-state index in [4.69, 9.17) is 4.52 Å². The molecule has 7 nitrogen and oxygen atoms in total. The van der Waals surface area contributed by atoms with Gasteiger partial charge < -0.3 is 9.84 Å². The molecule has 1 aromatic carbocycles. The van der Waals surface area contributed by atoms with Crippen LogP contribution in [0.1, 0.15) is 25.9 Å². The zero-order valence-corrected chi connectivity index (χ0v) is 16.0. The summed E-state index contributed by atoms with van der Waals surface area (Å²) in [4.78, 5) is 13.2. The predicted molar refractivity (Wildman–Crippen MR) is 100 cm³/mol. The maximum Gasteiger partial charge on any atom is 0.267 e. The van der Waals surface area contributed by atoms with Crippen molar-refractivity contribution < 1.29 is 17.7 Å². The number of aryl methyl sites for hydroxylation is 3. The first-order valence-corrected chi connectivity index (χ1v) is 9.99. The average molecular weight is 391 g/mol. The minimum Gasteiger partial charge on any atom is -0.360 e. The second kappa shape index (κ2) is 6.93. The molecular weight excluding hydrogens is 374 g/mol. The lowest BCUT2D eigenvalue weighted by Crippen LogP contribution is -2.13. The third-order valence-electron chi connectivity index (χ3n) is 3.56. The minimum atomic E-state index is -3.79. The Bertz CT molecular complexity index is 1050. The largest absolute Gasteiger partial charge is 0.360 e. The number of benzene rings is 1. The molecule has 0 aliphatic heterocycles. The van der Waals surface area contributed by atoms with Crippen LogP contribution < -0.4 is 10.0 Å². The van der Waals surface area contributed by atoms with Gasteiger partial charge in [0.05, 0.1) is 4.88 Å². The zero-order chi connectivity index (χ0) is 18.9. The van der Waals surface area contributed by atoms with Gasteiger partial charge in [0.25, 0.3) is 15.9 Å². The number of nitrogens with zero attached hydrogens (tertiary/aromatic N) is 1. The molecule has 0 unspecified atom stereocenters. The Morgan fingerprint density at radius 1 is 1.12 bits per heavy atom. The van der Waals surface area contributed by atoms with Crippen LogP contribution in [0.3, 0.4) is 0 Å². The molecule has 1 amide bonds. The van der Waals surface area contributed by atoms with E-state index in [9.17, 15) is 13.2 Å². The molecule has 0 spiro atoms. The van der Waals surface area contributed by atoms with E-state index in [1.165, 1.54) is 6.07 Å². The molecule has 0 atom stereocenters. The van der Waals surface area contributed by atoms with Crippen LogP contribution in [0.4, 0.5) is 11.5 Å². The third kappa shape index (κ3) is 3.94. The van der Waals surface area contributed by atoms with Gasteiger partial charge in [-0.2, -0.15) is 0 Å². The van der Waals surface area contributed by atoms with E-state index in [-0.39, 0.29) is 15.6 Å². The summed E-state index contributed by atoms with van der Waals surface area (Å²) in [7, 11) is -3.79. The highest BCUT2D eigenvalue weighted by molar-refractivity contribution is 7.93. The summed E-state index contributed by atoms with van der Waals surface area (Å²) >= 11 is 1.10. The van der Waals surface area contributed by atoms with Crippen LogP contribution in [-0.2, 0) is 10.0 Å². The summed E-state index contributed by atoms with van der Waals surface area (Å²) in [5, 5.41) is 6.27. The van der Waals surface area contributed by atoms with Crippen LogP contribution in [0.15, 0.2) is 45.8 Å². The lowest BCUT2D eigenvalue weighted by atomic mass is 10.2. The second-order valence-electron chi connectivity index (χ2n) is 5.78. The normalized spacial score (nSPS) is 11.3. The van der Waals surface area contributed by atoms with Crippen molar-refractivity contribution >= 4 is 38.8 Å². The molecule has 0 saturated carbocycles. The molecule has 2 aromatic heterocycles. The van der Waals surface area contributed by atoms with Gasteiger partial charge in [-0.25, -0.2) is 8.42 Å². The number of nitrogens with one attached hydrogen (secondary N) is 2. The van der Waals surface area contributed by atoms with Crippen LogP contribution >= 0.6 is 11.3 Å². The number of hydrogen-bond acceptors (Lipinski definition) is 6. The Labute approximate surface area is 155 Å². The second-order valence-corrected chi connectivity index (χ2v) is 8.69. The van der Waals surface area contributed by atoms with Crippen molar-refractivity contribution in [3.63, 3.8) is 0 Å². The highest BCUT2D eigenvalue weighted by Crippen LogP contribution is 2.28. The highest BCUT2D eigenvalue weighted by atomic mass is 32.2. The van der Waals surface area contributed by atoms with Crippen LogP contribution in [0.2, 0.25) is 0 Å². The predicted octanol–water partition coefficient (Wildman–Crippen LogP) is 3.71. The van der Waals surface area contributed by atoms with Gasteiger partial charge in [0.15, 0.2) is 5.82 Å². The van der Waals surface area contributed by atoms with Crippen molar-refractivity contribution in [2.45, 2.75) is 25.7 Å². The number of carbonyl (C=O) groups is 1. The van der Waals surface area contributed by atoms with Crippen molar-refractivity contribution in [3.05, 3.63) is 57.5 Å². The first-order chi connectivity index (χ1) is 12.2. The number of rotatable bonds is 5. The third-order valence-corrected chi connectivity index (χ3v) is 6.24. The van der Waals surface area contributed by atoms with Gasteiger partial charge in [0.1, 0.15) is 10.7 Å². The van der Waals surface area contributed by atoms with Gasteiger partial charge in [-0.1, -0.05) is 22.9 Å². The van der Waals surface area contributed by atoms with E-state index in [2.05, 4.69) is 15.2 Å². The van der Waals surface area contributed by atoms with Crippen LogP contribution in [0.25, 0.3) is 0 Å². The fraction of sp³-hybridized carbons (Fsp3) is 0.176. The molecule has 3 aromatic rings. The highest BCUT2D eigenvalue weighted by Gasteiger charge is 2.23. The number of aromatic nitrogens is 1. The minimum absolute atomic E-state index is 0.0737. The molecule has 26 heavy (non-hydrogen) atoms. The topological polar surface area (TPSA) is 101 Å². The number of anilines is 2. The lowest BCUT2D eigenvalue weighted by Gasteiger charge is -2.07. The summed E-state index contributed by atoms with van der Waals surface area (Å²) < 4.78 is 32.7. The smallest absolute Gasteiger partial charge is 0.267 e. The van der Waals surface area contributed by atoms with Crippen molar-refractivity contribution in [1.82, 2.24) is 5.16 Å². The van der Waals surface area contributed by atoms with Gasteiger partial charge in [0, 0.05) is 16.6 Å². The van der Waals surface area contributed by atoms with Gasteiger partial charge in [-0.3, -0.25) is 9.52 Å². The molecular formula is C17H17N3O4S2. The van der Waals surface area contributed by atoms with Gasteiger partial charge in [-0.05, 0) is 39.0 Å². The molecule has 0 radical (unpaired) electrons. The lowest BCUT2D eigenvalue weighted by molar-refractivity contribution is 0.102. The molecule has 136 valence electrons. The maximum absolute atomic E-state index is 12.6. The monoisotopic (exact) mass is 391 g/mol. The van der Waals surface area contributed by atoms with E-state index < -0.39 is 15.9 Å². The van der Waals surface area contributed by atoms with Gasteiger partial charge >= 0.3 is 0 Å². The number of sulfonamides is 1. The summed E-state index contributed by atoms with van der Waals surface area (Å²) in [5.74, 6) is 0.400. The van der Waals surface area contributed by atoms with E-state index in [0.717, 1.165) is 16.9 Å². The Kier molecular flexibility index (Phi) is 4.84. The molecule has 0 aliphatic rings. The van der Waals surface area contributed by atoms with E-state index in [0.29, 0.717) is 16.3 Å². The number of carbonyl (C=O) groups excluding carboxylic acids is 1. The summed E-state index contributed by atoms with van der Waals surface area (Å²) in [6.07, 6.45) is 0. The fourth-order valence-electron chi connectivity index (χ4n) is 2.28. The van der Waals surface area contributed by atoms with E-state index >= 15 is 0 Å². The standard InChI is InChI=1S/C17H17N3O4S2/c1-10-4-6-13(7-5-10)20-26(22,23)15-9-14(25-12(15)3)17(21)18-16-8-11(2)24-19-16/h4-9,20H,1-3H3,(H,18,19,21). The van der Waals surface area contributed by atoms with Crippen molar-refractivity contribution in [1.29, 1.82) is 0 Å². The zero-order valence-electron chi connectivity index (χ0n) is 14.4. The number of thiophene rings is 1. The Morgan fingerprint density at radius 3 is 2.42 bits per heavy atom. The van der Waals surface area contributed by atoms with Gasteiger partial charge in [-0.15, -0.1) is 11.3 Å². The Balaban J connectivity index is 1.82. The van der Waals surface area contributed by atoms with Crippen LogP contribution in [0, 0.1) is 20.8 Å². The van der Waals surface area contributed by atoms with Crippen molar-refractivity contribution in [2.75, 3.05) is 10.0 Å². The molecule has 9 heteroatoms. The SMILES string of the molecule is Cc1ccc(NS(=O)(=O)c2cc(C(=O)Nc3cc(C)on3)sc2C)cc1. The fourth-order valence-corrected chi connectivity index (χ4v) is 4.83. The number of hydrogen-bond donors (Lipinski definition) is 2. The first-order valence-electron chi connectivity index (χ1n) is 7.69. The molecule has 0 saturated heterocycles. The summed E-state index contributed by atoms with van der Waals surface area (Å²) in [6, 6.07) is 9.95. The summed E-state index contributed by atoms with van der Waals surface area (Å²) in [6.45, 7) is 5.29. The van der Waals surface area contributed by atoms with Crippen LogP contribution in [-0.4, -0.2) is 19.5 Å². The van der Waals surface area contributed by atoms with Gasteiger partial charge in [0.2, 0.25) is 0 Å². The first kappa shape index (κ1) is 18.2. The number of amides is 1. The van der Waals surface area contributed by atoms with E-state index in [1.54, 1.807) is 32.0 Å². The molecule has 3 rings (SSSR count). The maximum atomic E-state index is 12.6. The summed E-state index contributed by atoms with van der Waals surface area (Å²) in [5.41, 5.74) is 1.49. The van der Waals surface area contributed by atoms with Crippen molar-refractivity contribution in [3.8, 4) is 0 Å². The molecule has 0 aliphatic carbocycles. The Hall–Kier alpha value is -2.65. The van der Waals surface area contributed by atoms with Crippen molar-refractivity contribution in [2.24, 2.45) is 0 Å². The quantitative estimate of drug-likeness (QED) is 0.690.